The Balaban J connectivity index is 2.18. The third kappa shape index (κ3) is 6.63. The SMILES string of the molecule is CCOC(=O)COc1c(Cl)cc(/C=C(/C#N)C(=O)Nc2ccc(C)cc2)cc1Br. The maximum absolute atomic E-state index is 12.4. The number of benzene rings is 2. The van der Waals surface area contributed by atoms with Crippen molar-refractivity contribution < 1.29 is 19.1 Å². The van der Waals surface area contributed by atoms with E-state index in [-0.39, 0.29) is 29.6 Å². The lowest BCUT2D eigenvalue weighted by atomic mass is 10.1. The Morgan fingerprint density at radius 1 is 1.28 bits per heavy atom. The second-order valence-corrected chi connectivity index (χ2v) is 7.16. The van der Waals surface area contributed by atoms with Crippen molar-refractivity contribution in [3.8, 4) is 11.8 Å². The predicted octanol–water partition coefficient (Wildman–Crippen LogP) is 4.90. The van der Waals surface area contributed by atoms with Crippen LogP contribution >= 0.6 is 27.5 Å². The second-order valence-electron chi connectivity index (χ2n) is 5.90. The van der Waals surface area contributed by atoms with Crippen LogP contribution in [0.1, 0.15) is 18.1 Å². The molecule has 8 heteroatoms. The average Bonchev–Trinajstić information content (AvgIpc) is 2.67. The lowest BCUT2D eigenvalue weighted by Crippen LogP contribution is -2.15. The summed E-state index contributed by atoms with van der Waals surface area (Å²) >= 11 is 9.55. The molecule has 1 amide bonds. The zero-order valence-electron chi connectivity index (χ0n) is 15.8. The molecule has 0 saturated carbocycles. The number of nitrogens with one attached hydrogen (secondary N) is 1. The number of aryl methyl sites for hydroxylation is 1. The van der Waals surface area contributed by atoms with Crippen LogP contribution in [0.15, 0.2) is 46.4 Å². The molecular formula is C21H18BrClN2O4. The Morgan fingerprint density at radius 3 is 2.55 bits per heavy atom. The maximum Gasteiger partial charge on any atom is 0.344 e. The summed E-state index contributed by atoms with van der Waals surface area (Å²) in [6.45, 7) is 3.60. The van der Waals surface area contributed by atoms with Gasteiger partial charge in [-0.05, 0) is 65.7 Å². The lowest BCUT2D eigenvalue weighted by Gasteiger charge is -2.11. The highest BCUT2D eigenvalue weighted by atomic mass is 79.9. The Hall–Kier alpha value is -2.82. The number of ether oxygens (including phenoxy) is 2. The van der Waals surface area contributed by atoms with E-state index in [0.29, 0.717) is 15.7 Å². The molecule has 2 rings (SSSR count). The van der Waals surface area contributed by atoms with E-state index >= 15 is 0 Å². The van der Waals surface area contributed by atoms with Gasteiger partial charge in [0.25, 0.3) is 5.91 Å². The van der Waals surface area contributed by atoms with Crippen molar-refractivity contribution in [3.05, 3.63) is 62.6 Å². The highest BCUT2D eigenvalue weighted by Crippen LogP contribution is 2.35. The zero-order chi connectivity index (χ0) is 21.4. The smallest absolute Gasteiger partial charge is 0.344 e. The molecule has 29 heavy (non-hydrogen) atoms. The molecule has 0 unspecified atom stereocenters. The predicted molar refractivity (Wildman–Crippen MR) is 115 cm³/mol. The van der Waals surface area contributed by atoms with Gasteiger partial charge in [0, 0.05) is 5.69 Å². The van der Waals surface area contributed by atoms with Crippen LogP contribution in [-0.2, 0) is 14.3 Å². The fourth-order valence-electron chi connectivity index (χ4n) is 2.29. The van der Waals surface area contributed by atoms with Crippen LogP contribution in [-0.4, -0.2) is 25.1 Å². The first-order chi connectivity index (χ1) is 13.8. The molecule has 0 heterocycles. The normalized spacial score (nSPS) is 10.8. The Morgan fingerprint density at radius 2 is 1.97 bits per heavy atom. The van der Waals surface area contributed by atoms with Crippen LogP contribution in [0.5, 0.6) is 5.75 Å². The first-order valence-corrected chi connectivity index (χ1v) is 9.78. The molecule has 6 nitrogen and oxygen atoms in total. The topological polar surface area (TPSA) is 88.4 Å². The first kappa shape index (κ1) is 22.5. The molecule has 2 aromatic rings. The molecule has 2 aromatic carbocycles. The molecule has 0 saturated heterocycles. The molecule has 150 valence electrons. The largest absolute Gasteiger partial charge is 0.479 e. The molecule has 0 aromatic heterocycles. The van der Waals surface area contributed by atoms with Gasteiger partial charge in [-0.1, -0.05) is 29.3 Å². The third-order valence-corrected chi connectivity index (χ3v) is 4.52. The summed E-state index contributed by atoms with van der Waals surface area (Å²) in [5.41, 5.74) is 2.07. The van der Waals surface area contributed by atoms with Crippen LogP contribution < -0.4 is 10.1 Å². The molecule has 0 bridgehead atoms. The molecular weight excluding hydrogens is 460 g/mol. The fraction of sp³-hybridized carbons (Fsp3) is 0.190. The van der Waals surface area contributed by atoms with E-state index in [1.54, 1.807) is 25.1 Å². The number of esters is 1. The lowest BCUT2D eigenvalue weighted by molar-refractivity contribution is -0.145. The standard InChI is InChI=1S/C21H18BrClN2O4/c1-3-28-19(26)12-29-20-17(22)9-14(10-18(20)23)8-15(11-24)21(27)25-16-6-4-13(2)5-7-16/h4-10H,3,12H2,1-2H3,(H,25,27)/b15-8-. The summed E-state index contributed by atoms with van der Waals surface area (Å²) in [7, 11) is 0. The minimum atomic E-state index is -0.536. The van der Waals surface area contributed by atoms with Crippen LogP contribution in [0.4, 0.5) is 5.69 Å². The molecule has 0 radical (unpaired) electrons. The number of rotatable bonds is 7. The number of nitriles is 1. The summed E-state index contributed by atoms with van der Waals surface area (Å²) < 4.78 is 10.7. The van der Waals surface area contributed by atoms with E-state index in [2.05, 4.69) is 21.2 Å². The molecule has 0 fully saturated rings. The van der Waals surface area contributed by atoms with Crippen molar-refractivity contribution in [1.29, 1.82) is 5.26 Å². The number of carbonyl (C=O) groups excluding carboxylic acids is 2. The van der Waals surface area contributed by atoms with Gasteiger partial charge in [-0.15, -0.1) is 0 Å². The average molecular weight is 478 g/mol. The number of halogens is 2. The van der Waals surface area contributed by atoms with Crippen molar-refractivity contribution >= 4 is 51.2 Å². The Bertz CT molecular complexity index is 958. The van der Waals surface area contributed by atoms with E-state index in [1.165, 1.54) is 12.1 Å². The minimum absolute atomic E-state index is 0.0891. The molecule has 1 N–H and O–H groups in total. The Kier molecular flexibility index (Phi) is 8.25. The fourth-order valence-corrected chi connectivity index (χ4v) is 3.27. The molecule has 0 atom stereocenters. The van der Waals surface area contributed by atoms with Crippen LogP contribution in [0.25, 0.3) is 6.08 Å². The van der Waals surface area contributed by atoms with Crippen molar-refractivity contribution in [2.24, 2.45) is 0 Å². The van der Waals surface area contributed by atoms with E-state index < -0.39 is 11.9 Å². The molecule has 0 spiro atoms. The van der Waals surface area contributed by atoms with Crippen LogP contribution in [0.3, 0.4) is 0 Å². The quantitative estimate of drug-likeness (QED) is 0.348. The number of amides is 1. The number of hydrogen-bond donors (Lipinski definition) is 1. The monoisotopic (exact) mass is 476 g/mol. The zero-order valence-corrected chi connectivity index (χ0v) is 18.1. The number of carbonyl (C=O) groups is 2. The van der Waals surface area contributed by atoms with Gasteiger partial charge in [-0.25, -0.2) is 4.79 Å². The number of anilines is 1. The van der Waals surface area contributed by atoms with E-state index in [9.17, 15) is 14.9 Å². The molecule has 0 aliphatic rings. The van der Waals surface area contributed by atoms with E-state index in [4.69, 9.17) is 21.1 Å². The van der Waals surface area contributed by atoms with Crippen LogP contribution in [0, 0.1) is 18.3 Å². The third-order valence-electron chi connectivity index (χ3n) is 3.65. The van der Waals surface area contributed by atoms with Gasteiger partial charge in [0.1, 0.15) is 11.6 Å². The summed E-state index contributed by atoms with van der Waals surface area (Å²) in [6, 6.07) is 12.3. The van der Waals surface area contributed by atoms with Crippen molar-refractivity contribution in [2.45, 2.75) is 13.8 Å². The minimum Gasteiger partial charge on any atom is -0.479 e. The highest BCUT2D eigenvalue weighted by Gasteiger charge is 2.14. The van der Waals surface area contributed by atoms with Gasteiger partial charge in [-0.2, -0.15) is 5.26 Å². The highest BCUT2D eigenvalue weighted by molar-refractivity contribution is 9.10. The van der Waals surface area contributed by atoms with Gasteiger partial charge >= 0.3 is 5.97 Å². The summed E-state index contributed by atoms with van der Waals surface area (Å²) in [6.07, 6.45) is 1.41. The summed E-state index contributed by atoms with van der Waals surface area (Å²) in [5, 5.41) is 12.3. The van der Waals surface area contributed by atoms with E-state index in [1.807, 2.05) is 25.1 Å². The number of hydrogen-bond acceptors (Lipinski definition) is 5. The van der Waals surface area contributed by atoms with Gasteiger partial charge in [0.15, 0.2) is 12.4 Å². The van der Waals surface area contributed by atoms with Gasteiger partial charge in [0.05, 0.1) is 16.1 Å². The van der Waals surface area contributed by atoms with Crippen molar-refractivity contribution in [1.82, 2.24) is 0 Å². The van der Waals surface area contributed by atoms with Gasteiger partial charge < -0.3 is 14.8 Å². The maximum atomic E-state index is 12.4. The molecule has 0 aliphatic carbocycles. The summed E-state index contributed by atoms with van der Waals surface area (Å²) in [4.78, 5) is 23.8. The first-order valence-electron chi connectivity index (χ1n) is 8.61. The second kappa shape index (κ2) is 10.6. The van der Waals surface area contributed by atoms with Gasteiger partial charge in [0.2, 0.25) is 0 Å². The van der Waals surface area contributed by atoms with Crippen molar-refractivity contribution in [2.75, 3.05) is 18.5 Å². The number of nitrogens with zero attached hydrogens (tertiary/aromatic N) is 1. The Labute approximate surface area is 182 Å². The van der Waals surface area contributed by atoms with E-state index in [0.717, 1.165) is 5.56 Å². The van der Waals surface area contributed by atoms with Gasteiger partial charge in [-0.3, -0.25) is 4.79 Å². The van der Waals surface area contributed by atoms with Crippen molar-refractivity contribution in [3.63, 3.8) is 0 Å². The van der Waals surface area contributed by atoms with Crippen LogP contribution in [0.2, 0.25) is 5.02 Å². The molecule has 0 aliphatic heterocycles. The summed E-state index contributed by atoms with van der Waals surface area (Å²) in [5.74, 6) is -0.787.